The summed E-state index contributed by atoms with van der Waals surface area (Å²) < 4.78 is 73.7. The van der Waals surface area contributed by atoms with E-state index >= 15 is 0 Å². The Labute approximate surface area is 192 Å². The third-order valence-corrected chi connectivity index (χ3v) is 5.94. The first-order valence-corrected chi connectivity index (χ1v) is 10.4. The Balaban J connectivity index is 1.94. The van der Waals surface area contributed by atoms with Gasteiger partial charge in [0.25, 0.3) is 5.91 Å². The van der Waals surface area contributed by atoms with Crippen molar-refractivity contribution in [3.63, 3.8) is 0 Å². The zero-order valence-electron chi connectivity index (χ0n) is 18.5. The van der Waals surface area contributed by atoms with Crippen LogP contribution in [0.3, 0.4) is 0 Å². The molecule has 34 heavy (non-hydrogen) atoms. The lowest BCUT2D eigenvalue weighted by atomic mass is 9.87. The summed E-state index contributed by atoms with van der Waals surface area (Å²) in [6.45, 7) is 4.60. The minimum atomic E-state index is -5.81. The third-order valence-electron chi connectivity index (χ3n) is 5.94. The van der Waals surface area contributed by atoms with Crippen LogP contribution in [-0.2, 0) is 17.3 Å². The van der Waals surface area contributed by atoms with Gasteiger partial charge in [-0.05, 0) is 43.7 Å². The fourth-order valence-electron chi connectivity index (χ4n) is 4.20. The maximum absolute atomic E-state index is 14.2. The van der Waals surface area contributed by atoms with Crippen LogP contribution in [0.2, 0.25) is 0 Å². The molecular weight excluding hydrogens is 459 g/mol. The zero-order valence-corrected chi connectivity index (χ0v) is 18.5. The monoisotopic (exact) mass is 480 g/mol. The second kappa shape index (κ2) is 7.82. The molecule has 5 nitrogen and oxygen atoms in total. The topological polar surface area (TPSA) is 58.6 Å². The summed E-state index contributed by atoms with van der Waals surface area (Å²) in [5.74, 6) is -5.88. The molecule has 2 aliphatic heterocycles. The molecular formula is C24H21F5N2O3. The van der Waals surface area contributed by atoms with Crippen LogP contribution in [0.1, 0.15) is 47.8 Å². The van der Waals surface area contributed by atoms with Crippen molar-refractivity contribution in [2.24, 2.45) is 0 Å². The van der Waals surface area contributed by atoms with Gasteiger partial charge in [0.2, 0.25) is 5.91 Å². The summed E-state index contributed by atoms with van der Waals surface area (Å²) >= 11 is 0. The number of alkyl halides is 5. The SMILES string of the molecule is CC(=O)NCC1=C(N2Cc3ccccc3C2=O)c2cc(C(F)(F)C(F)(F)F)ccc2OC1(C)C. The lowest BCUT2D eigenvalue weighted by molar-refractivity contribution is -0.289. The highest BCUT2D eigenvalue weighted by molar-refractivity contribution is 6.04. The Hall–Kier alpha value is -3.43. The number of amides is 2. The summed E-state index contributed by atoms with van der Waals surface area (Å²) in [4.78, 5) is 26.2. The van der Waals surface area contributed by atoms with Crippen LogP contribution >= 0.6 is 0 Å². The molecule has 2 aliphatic rings. The molecule has 2 aromatic rings. The Morgan fingerprint density at radius 2 is 1.76 bits per heavy atom. The van der Waals surface area contributed by atoms with Gasteiger partial charge >= 0.3 is 12.1 Å². The molecule has 2 aromatic carbocycles. The number of carbonyl (C=O) groups is 2. The fourth-order valence-corrected chi connectivity index (χ4v) is 4.20. The van der Waals surface area contributed by atoms with Gasteiger partial charge in [0.1, 0.15) is 11.4 Å². The number of halogens is 5. The number of nitrogens with one attached hydrogen (secondary N) is 1. The number of nitrogens with zero attached hydrogens (tertiary/aromatic N) is 1. The molecule has 0 saturated heterocycles. The van der Waals surface area contributed by atoms with Crippen LogP contribution in [0.5, 0.6) is 5.75 Å². The largest absolute Gasteiger partial charge is 0.483 e. The first-order chi connectivity index (χ1) is 15.7. The standard InChI is InChI=1S/C24H21F5N2O3/c1-13(32)30-11-18-20(31-12-14-6-4-5-7-16(14)21(31)33)17-10-15(23(25,26)24(27,28)29)8-9-19(17)34-22(18,2)3/h4-10H,11-12H2,1-3H3,(H,30,32). The summed E-state index contributed by atoms with van der Waals surface area (Å²) in [6, 6.07) is 9.20. The van der Waals surface area contributed by atoms with Crippen molar-refractivity contribution in [1.82, 2.24) is 10.2 Å². The summed E-state index contributed by atoms with van der Waals surface area (Å²) in [5.41, 5.74) is -0.874. The van der Waals surface area contributed by atoms with E-state index in [9.17, 15) is 31.5 Å². The number of rotatable bonds is 4. The second-order valence-corrected chi connectivity index (χ2v) is 8.68. The molecule has 0 fully saturated rings. The maximum atomic E-state index is 14.2. The van der Waals surface area contributed by atoms with Crippen molar-refractivity contribution >= 4 is 17.5 Å². The van der Waals surface area contributed by atoms with Crippen molar-refractivity contribution in [3.05, 3.63) is 70.3 Å². The molecule has 2 heterocycles. The number of fused-ring (bicyclic) bond motifs is 2. The lowest BCUT2D eigenvalue weighted by Gasteiger charge is -2.40. The first-order valence-electron chi connectivity index (χ1n) is 10.4. The first kappa shape index (κ1) is 23.7. The van der Waals surface area contributed by atoms with Crippen LogP contribution in [0.4, 0.5) is 22.0 Å². The molecule has 1 N–H and O–H groups in total. The molecule has 0 saturated carbocycles. The zero-order chi connectivity index (χ0) is 25.1. The van der Waals surface area contributed by atoms with Gasteiger partial charge in [-0.15, -0.1) is 0 Å². The van der Waals surface area contributed by atoms with Crippen molar-refractivity contribution in [2.75, 3.05) is 6.54 Å². The maximum Gasteiger partial charge on any atom is 0.458 e. The van der Waals surface area contributed by atoms with Gasteiger partial charge in [0.15, 0.2) is 0 Å². The van der Waals surface area contributed by atoms with Crippen LogP contribution < -0.4 is 10.1 Å². The average molecular weight is 480 g/mol. The third kappa shape index (κ3) is 3.80. The van der Waals surface area contributed by atoms with E-state index in [4.69, 9.17) is 4.74 Å². The molecule has 0 atom stereocenters. The molecule has 0 aromatic heterocycles. The molecule has 0 unspecified atom stereocenters. The van der Waals surface area contributed by atoms with Crippen LogP contribution in [-0.4, -0.2) is 35.0 Å². The van der Waals surface area contributed by atoms with Crippen molar-refractivity contribution in [2.45, 2.75) is 45.0 Å². The predicted molar refractivity (Wildman–Crippen MR) is 113 cm³/mol. The van der Waals surface area contributed by atoms with Crippen LogP contribution in [0.15, 0.2) is 48.0 Å². The molecule has 180 valence electrons. The number of benzene rings is 2. The average Bonchev–Trinajstić information content (AvgIpc) is 3.06. The number of ether oxygens (including phenoxy) is 1. The lowest BCUT2D eigenvalue weighted by Crippen LogP contribution is -2.43. The van der Waals surface area contributed by atoms with E-state index in [-0.39, 0.29) is 36.0 Å². The molecule has 4 rings (SSSR count). The van der Waals surface area contributed by atoms with Gasteiger partial charge in [-0.25, -0.2) is 0 Å². The highest BCUT2D eigenvalue weighted by Crippen LogP contribution is 2.49. The molecule has 0 radical (unpaired) electrons. The van der Waals surface area contributed by atoms with Gasteiger partial charge in [-0.1, -0.05) is 18.2 Å². The number of hydrogen-bond donors (Lipinski definition) is 1. The van der Waals surface area contributed by atoms with E-state index in [1.165, 1.54) is 11.8 Å². The second-order valence-electron chi connectivity index (χ2n) is 8.68. The minimum absolute atomic E-state index is 0.0528. The van der Waals surface area contributed by atoms with E-state index in [2.05, 4.69) is 5.32 Å². The highest BCUT2D eigenvalue weighted by Gasteiger charge is 2.59. The normalized spacial score (nSPS) is 17.3. The molecule has 10 heteroatoms. The van der Waals surface area contributed by atoms with Crippen molar-refractivity contribution in [3.8, 4) is 5.75 Å². The van der Waals surface area contributed by atoms with Gasteiger partial charge in [-0.2, -0.15) is 22.0 Å². The van der Waals surface area contributed by atoms with Crippen LogP contribution in [0, 0.1) is 0 Å². The Bertz CT molecular complexity index is 1220. The van der Waals surface area contributed by atoms with E-state index in [1.54, 1.807) is 38.1 Å². The van der Waals surface area contributed by atoms with E-state index < -0.39 is 29.2 Å². The van der Waals surface area contributed by atoms with Gasteiger partial charge in [-0.3, -0.25) is 9.59 Å². The molecule has 0 aliphatic carbocycles. The minimum Gasteiger partial charge on any atom is -0.483 e. The summed E-state index contributed by atoms with van der Waals surface area (Å²) in [5, 5.41) is 2.62. The predicted octanol–water partition coefficient (Wildman–Crippen LogP) is 5.01. The fraction of sp³-hybridized carbons (Fsp3) is 0.333. The molecule has 0 bridgehead atoms. The number of hydrogen-bond acceptors (Lipinski definition) is 3. The number of carbonyl (C=O) groups excluding carboxylic acids is 2. The molecule has 0 spiro atoms. The van der Waals surface area contributed by atoms with Gasteiger partial charge < -0.3 is 15.0 Å². The summed E-state index contributed by atoms with van der Waals surface area (Å²) in [7, 11) is 0. The molecule has 2 amide bonds. The van der Waals surface area contributed by atoms with E-state index in [1.807, 2.05) is 0 Å². The van der Waals surface area contributed by atoms with Crippen molar-refractivity contribution < 1.29 is 36.3 Å². The van der Waals surface area contributed by atoms with E-state index in [0.717, 1.165) is 6.07 Å². The summed E-state index contributed by atoms with van der Waals surface area (Å²) in [6.07, 6.45) is -5.81. The van der Waals surface area contributed by atoms with E-state index in [0.29, 0.717) is 28.8 Å². The van der Waals surface area contributed by atoms with Crippen LogP contribution in [0.25, 0.3) is 5.70 Å². The quantitative estimate of drug-likeness (QED) is 0.626. The highest BCUT2D eigenvalue weighted by atomic mass is 19.4. The smallest absolute Gasteiger partial charge is 0.458 e. The Morgan fingerprint density at radius 1 is 1.09 bits per heavy atom. The van der Waals surface area contributed by atoms with Gasteiger partial charge in [0, 0.05) is 35.7 Å². The van der Waals surface area contributed by atoms with Crippen molar-refractivity contribution in [1.29, 1.82) is 0 Å². The Kier molecular flexibility index (Phi) is 5.45. The Morgan fingerprint density at radius 3 is 2.38 bits per heavy atom. The van der Waals surface area contributed by atoms with Gasteiger partial charge in [0.05, 0.1) is 12.2 Å².